The Balaban J connectivity index is 2.01. The van der Waals surface area contributed by atoms with Crippen LogP contribution < -0.4 is 5.32 Å². The normalized spacial score (nSPS) is 23.6. The van der Waals surface area contributed by atoms with Crippen LogP contribution in [0.1, 0.15) is 17.9 Å². The summed E-state index contributed by atoms with van der Waals surface area (Å²) in [6.45, 7) is 0. The van der Waals surface area contributed by atoms with Crippen LogP contribution in [0, 0.1) is 17.4 Å². The minimum atomic E-state index is -0.152. The molecule has 0 saturated heterocycles. The van der Waals surface area contributed by atoms with Gasteiger partial charge in [-0.3, -0.25) is 10.1 Å². The summed E-state index contributed by atoms with van der Waals surface area (Å²) in [5, 5.41) is 10.5. The van der Waals surface area contributed by atoms with Crippen molar-refractivity contribution < 1.29 is 4.79 Å². The number of carbonyl (C=O) groups is 1. The highest BCUT2D eigenvalue weighted by Gasteiger charge is 2.43. The maximum atomic E-state index is 11.3. The van der Waals surface area contributed by atoms with Crippen LogP contribution in [-0.4, -0.2) is 5.91 Å². The Morgan fingerprint density at radius 2 is 2.14 bits per heavy atom. The van der Waals surface area contributed by atoms with E-state index in [0.29, 0.717) is 5.92 Å². The van der Waals surface area contributed by atoms with E-state index in [9.17, 15) is 4.79 Å². The van der Waals surface area contributed by atoms with Crippen molar-refractivity contribution in [2.75, 3.05) is 0 Å². The Morgan fingerprint density at radius 3 is 2.79 bits per heavy atom. The van der Waals surface area contributed by atoms with Gasteiger partial charge in [0, 0.05) is 5.92 Å². The summed E-state index contributed by atoms with van der Waals surface area (Å²) in [4.78, 5) is 11.3. The molecular weight excluding hydrogens is 176 g/mol. The summed E-state index contributed by atoms with van der Waals surface area (Å²) >= 11 is 0. The third-order valence-corrected chi connectivity index (χ3v) is 2.53. The number of benzene rings is 1. The number of hydrogen-bond acceptors (Lipinski definition) is 2. The van der Waals surface area contributed by atoms with Crippen LogP contribution in [0.15, 0.2) is 30.3 Å². The summed E-state index contributed by atoms with van der Waals surface area (Å²) in [6.07, 6.45) is 2.52. The third-order valence-electron chi connectivity index (χ3n) is 2.53. The van der Waals surface area contributed by atoms with Crippen molar-refractivity contribution in [3.05, 3.63) is 35.9 Å². The smallest absolute Gasteiger partial charge is 0.236 e. The van der Waals surface area contributed by atoms with E-state index in [1.165, 1.54) is 5.56 Å². The molecule has 1 aliphatic rings. The lowest BCUT2D eigenvalue weighted by atomic mass is 10.1. The first kappa shape index (κ1) is 8.76. The fourth-order valence-electron chi connectivity index (χ4n) is 1.70. The minimum Gasteiger partial charge on any atom is -0.274 e. The molecule has 2 unspecified atom stereocenters. The number of nitrogens with one attached hydrogen (secondary N) is 1. The van der Waals surface area contributed by atoms with Gasteiger partial charge in [0.05, 0.1) is 0 Å². The highest BCUT2D eigenvalue weighted by molar-refractivity contribution is 5.84. The zero-order valence-corrected chi connectivity index (χ0v) is 7.60. The molecule has 2 rings (SSSR count). The van der Waals surface area contributed by atoms with Gasteiger partial charge in [-0.25, -0.2) is 0 Å². The fraction of sp³-hybridized carbons (Fsp3) is 0.273. The molecule has 0 heterocycles. The summed E-state index contributed by atoms with van der Waals surface area (Å²) < 4.78 is 0. The fourth-order valence-corrected chi connectivity index (χ4v) is 1.70. The van der Waals surface area contributed by atoms with E-state index >= 15 is 0 Å². The van der Waals surface area contributed by atoms with E-state index in [-0.39, 0.29) is 11.8 Å². The zero-order chi connectivity index (χ0) is 9.97. The highest BCUT2D eigenvalue weighted by atomic mass is 16.2. The molecule has 3 heteroatoms. The average Bonchev–Trinajstić information content (AvgIpc) is 2.99. The van der Waals surface area contributed by atoms with Gasteiger partial charge in [0.2, 0.25) is 5.91 Å². The number of rotatable bonds is 2. The average molecular weight is 186 g/mol. The van der Waals surface area contributed by atoms with Gasteiger partial charge in [0.15, 0.2) is 6.19 Å². The van der Waals surface area contributed by atoms with Crippen LogP contribution in [-0.2, 0) is 4.79 Å². The Labute approximate surface area is 82.4 Å². The van der Waals surface area contributed by atoms with Crippen molar-refractivity contribution >= 4 is 5.91 Å². The second-order valence-corrected chi connectivity index (χ2v) is 3.46. The largest absolute Gasteiger partial charge is 0.274 e. The second kappa shape index (κ2) is 3.51. The maximum absolute atomic E-state index is 11.3. The van der Waals surface area contributed by atoms with Crippen LogP contribution in [0.2, 0.25) is 0 Å². The van der Waals surface area contributed by atoms with Gasteiger partial charge >= 0.3 is 0 Å². The Bertz CT molecular complexity index is 380. The summed E-state index contributed by atoms with van der Waals surface area (Å²) in [6, 6.07) is 9.92. The minimum absolute atomic E-state index is 0.00273. The molecule has 2 atom stereocenters. The van der Waals surface area contributed by atoms with Gasteiger partial charge in [-0.05, 0) is 17.9 Å². The van der Waals surface area contributed by atoms with E-state index in [1.807, 2.05) is 30.3 Å². The number of carbonyl (C=O) groups excluding carboxylic acids is 1. The van der Waals surface area contributed by atoms with Gasteiger partial charge in [0.25, 0.3) is 0 Å². The molecule has 70 valence electrons. The summed E-state index contributed by atoms with van der Waals surface area (Å²) in [5.41, 5.74) is 1.19. The Hall–Kier alpha value is -1.82. The first-order valence-corrected chi connectivity index (χ1v) is 4.57. The van der Waals surface area contributed by atoms with E-state index in [4.69, 9.17) is 5.26 Å². The monoisotopic (exact) mass is 186 g/mol. The highest BCUT2D eigenvalue weighted by Crippen LogP contribution is 2.47. The molecule has 14 heavy (non-hydrogen) atoms. The first-order valence-electron chi connectivity index (χ1n) is 4.57. The SMILES string of the molecule is N#CNC(=O)C1CC1c1ccccc1. The number of amides is 1. The van der Waals surface area contributed by atoms with E-state index in [1.54, 1.807) is 6.19 Å². The van der Waals surface area contributed by atoms with Crippen molar-refractivity contribution in [2.24, 2.45) is 5.92 Å². The topological polar surface area (TPSA) is 52.9 Å². The number of hydrogen-bond donors (Lipinski definition) is 1. The molecule has 0 aliphatic heterocycles. The molecule has 0 aromatic heterocycles. The summed E-state index contributed by atoms with van der Waals surface area (Å²) in [5.74, 6) is 0.156. The van der Waals surface area contributed by atoms with Gasteiger partial charge < -0.3 is 0 Å². The number of nitriles is 1. The predicted octanol–water partition coefficient (Wildman–Crippen LogP) is 1.39. The zero-order valence-electron chi connectivity index (χ0n) is 7.60. The van der Waals surface area contributed by atoms with Crippen LogP contribution in [0.5, 0.6) is 0 Å². The van der Waals surface area contributed by atoms with Gasteiger partial charge in [-0.2, -0.15) is 5.26 Å². The molecule has 1 aromatic carbocycles. The first-order chi connectivity index (χ1) is 6.83. The molecule has 0 spiro atoms. The van der Waals surface area contributed by atoms with Crippen LogP contribution in [0.3, 0.4) is 0 Å². The molecule has 1 fully saturated rings. The lowest BCUT2D eigenvalue weighted by Gasteiger charge is -1.97. The predicted molar refractivity (Wildman–Crippen MR) is 51.0 cm³/mol. The molecule has 1 aromatic rings. The molecule has 0 radical (unpaired) electrons. The van der Waals surface area contributed by atoms with Crippen molar-refractivity contribution in [1.29, 1.82) is 5.26 Å². The maximum Gasteiger partial charge on any atom is 0.236 e. The van der Waals surface area contributed by atoms with Gasteiger partial charge in [0.1, 0.15) is 0 Å². The van der Waals surface area contributed by atoms with E-state index < -0.39 is 0 Å². The number of nitrogens with zero attached hydrogens (tertiary/aromatic N) is 1. The van der Waals surface area contributed by atoms with Gasteiger partial charge in [-0.15, -0.1) is 0 Å². The van der Waals surface area contributed by atoms with Crippen molar-refractivity contribution in [1.82, 2.24) is 5.32 Å². The lowest BCUT2D eigenvalue weighted by Crippen LogP contribution is -2.19. The van der Waals surface area contributed by atoms with E-state index in [2.05, 4.69) is 5.32 Å². The second-order valence-electron chi connectivity index (χ2n) is 3.46. The van der Waals surface area contributed by atoms with Crippen LogP contribution >= 0.6 is 0 Å². The Kier molecular flexibility index (Phi) is 2.19. The van der Waals surface area contributed by atoms with Crippen molar-refractivity contribution in [3.63, 3.8) is 0 Å². The van der Waals surface area contributed by atoms with E-state index in [0.717, 1.165) is 6.42 Å². The lowest BCUT2D eigenvalue weighted by molar-refractivity contribution is -0.121. The van der Waals surface area contributed by atoms with Crippen LogP contribution in [0.25, 0.3) is 0 Å². The Morgan fingerprint density at radius 1 is 1.43 bits per heavy atom. The molecule has 1 N–H and O–H groups in total. The molecule has 1 saturated carbocycles. The standard InChI is InChI=1S/C11H10N2O/c12-7-13-11(14)10-6-9(10)8-4-2-1-3-5-8/h1-5,9-10H,6H2,(H,13,14). The van der Waals surface area contributed by atoms with Crippen molar-refractivity contribution in [3.8, 4) is 6.19 Å². The van der Waals surface area contributed by atoms with Gasteiger partial charge in [-0.1, -0.05) is 30.3 Å². The van der Waals surface area contributed by atoms with Crippen LogP contribution in [0.4, 0.5) is 0 Å². The molecular formula is C11H10N2O. The summed E-state index contributed by atoms with van der Waals surface area (Å²) in [7, 11) is 0. The quantitative estimate of drug-likeness (QED) is 0.560. The molecule has 0 bridgehead atoms. The van der Waals surface area contributed by atoms with Crippen molar-refractivity contribution in [2.45, 2.75) is 12.3 Å². The molecule has 1 aliphatic carbocycles. The molecule has 3 nitrogen and oxygen atoms in total. The molecule has 1 amide bonds. The third kappa shape index (κ3) is 1.60.